The number of nitrogens with zero attached hydrogens (tertiary/aromatic N) is 6. The minimum absolute atomic E-state index is 0.00127. The summed E-state index contributed by atoms with van der Waals surface area (Å²) in [7, 11) is 1.95. The Bertz CT molecular complexity index is 1060. The maximum Gasteiger partial charge on any atom is 0.230 e. The first-order valence-corrected chi connectivity index (χ1v) is 8.88. The van der Waals surface area contributed by atoms with E-state index in [1.165, 1.54) is 0 Å². The topological polar surface area (TPSA) is 82.5 Å². The average molecular weight is 381 g/mol. The number of benzene rings is 1. The van der Waals surface area contributed by atoms with E-state index in [0.29, 0.717) is 23.2 Å². The van der Waals surface area contributed by atoms with Crippen LogP contribution in [0.3, 0.4) is 0 Å². The third-order valence-corrected chi connectivity index (χ3v) is 4.57. The quantitative estimate of drug-likeness (QED) is 0.521. The van der Waals surface area contributed by atoms with Crippen LogP contribution in [0.15, 0.2) is 53.3 Å². The van der Waals surface area contributed by atoms with Gasteiger partial charge in [-0.3, -0.25) is 4.98 Å². The summed E-state index contributed by atoms with van der Waals surface area (Å²) >= 11 is 6.03. The van der Waals surface area contributed by atoms with Crippen LogP contribution in [0.25, 0.3) is 22.8 Å². The van der Waals surface area contributed by atoms with Gasteiger partial charge in [0.1, 0.15) is 5.82 Å². The summed E-state index contributed by atoms with van der Waals surface area (Å²) in [4.78, 5) is 8.54. The Morgan fingerprint density at radius 1 is 1.11 bits per heavy atom. The highest BCUT2D eigenvalue weighted by atomic mass is 35.5. The highest BCUT2D eigenvalue weighted by Crippen LogP contribution is 2.25. The van der Waals surface area contributed by atoms with Gasteiger partial charge >= 0.3 is 0 Å². The van der Waals surface area contributed by atoms with Crippen molar-refractivity contribution < 1.29 is 4.52 Å². The molecule has 0 saturated heterocycles. The molecule has 4 rings (SSSR count). The van der Waals surface area contributed by atoms with Gasteiger partial charge in [0.25, 0.3) is 0 Å². The van der Waals surface area contributed by atoms with Gasteiger partial charge in [-0.1, -0.05) is 35.8 Å². The largest absolute Gasteiger partial charge is 0.339 e. The third-order valence-electron chi connectivity index (χ3n) is 4.34. The monoisotopic (exact) mass is 380 g/mol. The zero-order valence-electron chi connectivity index (χ0n) is 14.9. The van der Waals surface area contributed by atoms with Gasteiger partial charge in [-0.15, -0.1) is 10.2 Å². The number of rotatable bonds is 5. The summed E-state index contributed by atoms with van der Waals surface area (Å²) in [6.07, 6.45) is 4.11. The molecule has 4 aromatic rings. The molecule has 0 fully saturated rings. The third kappa shape index (κ3) is 3.59. The summed E-state index contributed by atoms with van der Waals surface area (Å²) in [5.74, 6) is 2.72. The Labute approximate surface area is 161 Å². The van der Waals surface area contributed by atoms with Gasteiger partial charge in [0.15, 0.2) is 5.82 Å². The molecule has 0 aliphatic carbocycles. The van der Waals surface area contributed by atoms with Gasteiger partial charge in [0.2, 0.25) is 11.7 Å². The fraction of sp³-hybridized carbons (Fsp3) is 0.211. The van der Waals surface area contributed by atoms with Crippen molar-refractivity contribution in [2.75, 3.05) is 0 Å². The molecule has 27 heavy (non-hydrogen) atoms. The summed E-state index contributed by atoms with van der Waals surface area (Å²) in [5.41, 5.74) is 1.79. The molecule has 8 heteroatoms. The van der Waals surface area contributed by atoms with Gasteiger partial charge in [-0.2, -0.15) is 4.98 Å². The molecule has 0 N–H and O–H groups in total. The van der Waals surface area contributed by atoms with E-state index in [4.69, 9.17) is 16.1 Å². The molecular weight excluding hydrogens is 364 g/mol. The van der Waals surface area contributed by atoms with Crippen LogP contribution >= 0.6 is 11.6 Å². The van der Waals surface area contributed by atoms with Crippen LogP contribution in [0.2, 0.25) is 5.02 Å². The fourth-order valence-electron chi connectivity index (χ4n) is 2.83. The van der Waals surface area contributed by atoms with E-state index in [9.17, 15) is 0 Å². The van der Waals surface area contributed by atoms with Crippen LogP contribution in [0.5, 0.6) is 0 Å². The van der Waals surface area contributed by atoms with Crippen LogP contribution in [0.1, 0.15) is 24.6 Å². The molecule has 1 aromatic carbocycles. The molecule has 7 nitrogen and oxygen atoms in total. The van der Waals surface area contributed by atoms with Crippen LogP contribution in [-0.2, 0) is 13.5 Å². The summed E-state index contributed by atoms with van der Waals surface area (Å²) in [6.45, 7) is 2.02. The number of halogens is 1. The molecular formula is C19H17ClN6O. The number of pyridine rings is 1. The van der Waals surface area contributed by atoms with E-state index in [1.54, 1.807) is 12.4 Å². The lowest BCUT2D eigenvalue weighted by Crippen LogP contribution is -2.06. The van der Waals surface area contributed by atoms with E-state index in [1.807, 2.05) is 54.9 Å². The first-order chi connectivity index (χ1) is 13.1. The predicted octanol–water partition coefficient (Wildman–Crippen LogP) is 3.93. The Hall–Kier alpha value is -3.06. The molecule has 136 valence electrons. The maximum atomic E-state index is 6.03. The van der Waals surface area contributed by atoms with Crippen molar-refractivity contribution >= 4 is 11.6 Å². The molecule has 1 atom stereocenters. The summed E-state index contributed by atoms with van der Waals surface area (Å²) < 4.78 is 7.43. The van der Waals surface area contributed by atoms with E-state index >= 15 is 0 Å². The molecule has 3 aromatic heterocycles. The zero-order chi connectivity index (χ0) is 18.8. The molecule has 0 amide bonds. The molecule has 0 bridgehead atoms. The molecule has 3 heterocycles. The Morgan fingerprint density at radius 3 is 2.70 bits per heavy atom. The molecule has 0 aliphatic rings. The maximum absolute atomic E-state index is 6.03. The van der Waals surface area contributed by atoms with Crippen molar-refractivity contribution in [1.82, 2.24) is 29.9 Å². The second kappa shape index (κ2) is 7.28. The lowest BCUT2D eigenvalue weighted by atomic mass is 10.1. The molecule has 0 aliphatic heterocycles. The molecule has 0 radical (unpaired) electrons. The summed E-state index contributed by atoms with van der Waals surface area (Å²) in [6, 6.07) is 11.2. The van der Waals surface area contributed by atoms with Crippen molar-refractivity contribution in [3.63, 3.8) is 0 Å². The fourth-order valence-corrected chi connectivity index (χ4v) is 3.02. The van der Waals surface area contributed by atoms with Crippen LogP contribution < -0.4 is 0 Å². The van der Waals surface area contributed by atoms with E-state index in [-0.39, 0.29) is 5.92 Å². The van der Waals surface area contributed by atoms with Gasteiger partial charge in [0, 0.05) is 47.9 Å². The first kappa shape index (κ1) is 17.4. The second-order valence-corrected chi connectivity index (χ2v) is 6.74. The van der Waals surface area contributed by atoms with Crippen molar-refractivity contribution in [3.8, 4) is 22.8 Å². The number of hydrogen-bond donors (Lipinski definition) is 0. The van der Waals surface area contributed by atoms with Crippen molar-refractivity contribution in [1.29, 1.82) is 0 Å². The Morgan fingerprint density at radius 2 is 1.93 bits per heavy atom. The SMILES string of the molecule is CC(Cc1nnc(-c2ccncc2)n1C)c1nc(-c2cccc(Cl)c2)no1. The summed E-state index contributed by atoms with van der Waals surface area (Å²) in [5, 5.41) is 13.3. The highest BCUT2D eigenvalue weighted by Gasteiger charge is 2.20. The van der Waals surface area contributed by atoms with Crippen LogP contribution in [0.4, 0.5) is 0 Å². The predicted molar refractivity (Wildman–Crippen MR) is 101 cm³/mol. The van der Waals surface area contributed by atoms with E-state index in [2.05, 4.69) is 25.3 Å². The first-order valence-electron chi connectivity index (χ1n) is 8.50. The van der Waals surface area contributed by atoms with Crippen LogP contribution in [-0.4, -0.2) is 29.9 Å². The normalized spacial score (nSPS) is 12.3. The van der Waals surface area contributed by atoms with Crippen molar-refractivity contribution in [2.45, 2.75) is 19.3 Å². The van der Waals surface area contributed by atoms with Gasteiger partial charge in [-0.05, 0) is 24.3 Å². The zero-order valence-corrected chi connectivity index (χ0v) is 15.6. The van der Waals surface area contributed by atoms with E-state index < -0.39 is 0 Å². The lowest BCUT2D eigenvalue weighted by molar-refractivity contribution is 0.357. The average Bonchev–Trinajstić information content (AvgIpc) is 3.31. The molecule has 1 unspecified atom stereocenters. The minimum atomic E-state index is -0.00127. The Balaban J connectivity index is 1.53. The molecule has 0 spiro atoms. The van der Waals surface area contributed by atoms with Crippen molar-refractivity contribution in [3.05, 3.63) is 65.5 Å². The minimum Gasteiger partial charge on any atom is -0.339 e. The second-order valence-electron chi connectivity index (χ2n) is 6.31. The highest BCUT2D eigenvalue weighted by molar-refractivity contribution is 6.30. The van der Waals surface area contributed by atoms with Crippen molar-refractivity contribution in [2.24, 2.45) is 7.05 Å². The number of hydrogen-bond acceptors (Lipinski definition) is 6. The van der Waals surface area contributed by atoms with Gasteiger partial charge in [-0.25, -0.2) is 0 Å². The standard InChI is InChI=1S/C19H17ClN6O/c1-12(19-22-17(25-27-19)14-4-3-5-15(20)11-14)10-16-23-24-18(26(16)2)13-6-8-21-9-7-13/h3-9,11-12H,10H2,1-2H3. The van der Waals surface area contributed by atoms with Crippen LogP contribution in [0, 0.1) is 0 Å². The van der Waals surface area contributed by atoms with Gasteiger partial charge in [0.05, 0.1) is 0 Å². The van der Waals surface area contributed by atoms with Gasteiger partial charge < -0.3 is 9.09 Å². The smallest absolute Gasteiger partial charge is 0.230 e. The molecule has 0 saturated carbocycles. The Kier molecular flexibility index (Phi) is 4.68. The number of aromatic nitrogens is 6. The lowest BCUT2D eigenvalue weighted by Gasteiger charge is -2.07. The van der Waals surface area contributed by atoms with E-state index in [0.717, 1.165) is 22.8 Å².